The second kappa shape index (κ2) is 6.70. The minimum absolute atomic E-state index is 0.137. The van der Waals surface area contributed by atoms with Gasteiger partial charge in [0.15, 0.2) is 0 Å². The minimum Gasteiger partial charge on any atom is -0.357 e. The van der Waals surface area contributed by atoms with Gasteiger partial charge in [0.1, 0.15) is 17.2 Å². The first-order chi connectivity index (χ1) is 14.1. The highest BCUT2D eigenvalue weighted by atomic mass is 19.1. The third-order valence-corrected chi connectivity index (χ3v) is 5.26. The van der Waals surface area contributed by atoms with Crippen LogP contribution in [0.3, 0.4) is 0 Å². The van der Waals surface area contributed by atoms with Crippen LogP contribution in [0.1, 0.15) is 21.7 Å². The van der Waals surface area contributed by atoms with E-state index in [0.717, 1.165) is 16.8 Å². The lowest BCUT2D eigenvalue weighted by molar-refractivity contribution is 0.0727. The molecule has 0 radical (unpaired) electrons. The zero-order chi connectivity index (χ0) is 20.0. The minimum atomic E-state index is -0.306. The number of aromatic nitrogens is 3. The van der Waals surface area contributed by atoms with Gasteiger partial charge in [-0.3, -0.25) is 14.0 Å². The van der Waals surface area contributed by atoms with Gasteiger partial charge in [-0.05, 0) is 41.5 Å². The molecule has 1 N–H and O–H groups in total. The van der Waals surface area contributed by atoms with Crippen LogP contribution in [0.5, 0.6) is 0 Å². The van der Waals surface area contributed by atoms with Gasteiger partial charge in [0.25, 0.3) is 11.5 Å². The van der Waals surface area contributed by atoms with Gasteiger partial charge in [-0.25, -0.2) is 9.37 Å². The molecule has 0 unspecified atom stereocenters. The average molecular weight is 388 g/mol. The largest absolute Gasteiger partial charge is 0.357 e. The van der Waals surface area contributed by atoms with Crippen LogP contribution in [0.15, 0.2) is 65.7 Å². The summed E-state index contributed by atoms with van der Waals surface area (Å²) >= 11 is 0. The van der Waals surface area contributed by atoms with Gasteiger partial charge in [0.05, 0.1) is 17.8 Å². The summed E-state index contributed by atoms with van der Waals surface area (Å²) in [5.41, 5.74) is 3.84. The summed E-state index contributed by atoms with van der Waals surface area (Å²) < 4.78 is 14.6. The smallest absolute Gasteiger partial charge is 0.270 e. The Kier molecular flexibility index (Phi) is 4.01. The summed E-state index contributed by atoms with van der Waals surface area (Å²) in [6.07, 6.45) is 3.95. The SMILES string of the molecule is O=C(c1cc(-c2ccc(F)cc2)c[nH]1)N1CCc2nc3ccccn3c(=O)c2C1. The van der Waals surface area contributed by atoms with Crippen LogP contribution in [0.2, 0.25) is 0 Å². The fourth-order valence-electron chi connectivity index (χ4n) is 3.72. The number of pyridine rings is 1. The van der Waals surface area contributed by atoms with Crippen molar-refractivity contribution in [2.75, 3.05) is 6.54 Å². The second-order valence-corrected chi connectivity index (χ2v) is 7.06. The first-order valence-electron chi connectivity index (χ1n) is 9.33. The highest BCUT2D eigenvalue weighted by Gasteiger charge is 2.26. The molecule has 144 valence electrons. The number of amides is 1. The molecule has 0 saturated heterocycles. The monoisotopic (exact) mass is 388 g/mol. The van der Waals surface area contributed by atoms with Gasteiger partial charge in [-0.2, -0.15) is 0 Å². The molecule has 0 atom stereocenters. The number of H-pyrrole nitrogens is 1. The summed E-state index contributed by atoms with van der Waals surface area (Å²) in [5, 5.41) is 0. The van der Waals surface area contributed by atoms with E-state index >= 15 is 0 Å². The van der Waals surface area contributed by atoms with Crippen molar-refractivity contribution in [3.8, 4) is 11.1 Å². The molecule has 5 rings (SSSR count). The summed E-state index contributed by atoms with van der Waals surface area (Å²) in [6.45, 7) is 0.717. The van der Waals surface area contributed by atoms with E-state index in [1.807, 2.05) is 6.07 Å². The Morgan fingerprint density at radius 2 is 1.93 bits per heavy atom. The molecule has 1 amide bonds. The molecule has 4 heterocycles. The Bertz CT molecular complexity index is 1290. The van der Waals surface area contributed by atoms with Crippen molar-refractivity contribution in [2.24, 2.45) is 0 Å². The zero-order valence-electron chi connectivity index (χ0n) is 15.4. The van der Waals surface area contributed by atoms with Crippen molar-refractivity contribution < 1.29 is 9.18 Å². The van der Waals surface area contributed by atoms with Crippen LogP contribution in [-0.2, 0) is 13.0 Å². The number of hydrogen-bond acceptors (Lipinski definition) is 3. The molecule has 0 saturated carbocycles. The van der Waals surface area contributed by atoms with E-state index < -0.39 is 0 Å². The quantitative estimate of drug-likeness (QED) is 0.574. The average Bonchev–Trinajstić information content (AvgIpc) is 3.24. The van der Waals surface area contributed by atoms with Crippen LogP contribution >= 0.6 is 0 Å². The van der Waals surface area contributed by atoms with E-state index in [-0.39, 0.29) is 23.8 Å². The van der Waals surface area contributed by atoms with Crippen molar-refractivity contribution in [1.82, 2.24) is 19.3 Å². The van der Waals surface area contributed by atoms with Gasteiger partial charge in [-0.1, -0.05) is 18.2 Å². The maximum absolute atomic E-state index is 13.1. The molecule has 1 aliphatic rings. The Balaban J connectivity index is 1.43. The number of carbonyl (C=O) groups excluding carboxylic acids is 1. The number of halogens is 1. The lowest BCUT2D eigenvalue weighted by atomic mass is 10.1. The Hall–Kier alpha value is -3.74. The standard InChI is InChI=1S/C22H17FN4O2/c23-16-6-4-14(5-7-16)15-11-19(24-12-15)22(29)26-10-8-18-17(13-26)21(28)27-9-2-1-3-20(27)25-18/h1-7,9,11-12,24H,8,10,13H2. The predicted molar refractivity (Wildman–Crippen MR) is 106 cm³/mol. The first kappa shape index (κ1) is 17.4. The Morgan fingerprint density at radius 3 is 2.76 bits per heavy atom. The fraction of sp³-hybridized carbons (Fsp3) is 0.136. The lowest BCUT2D eigenvalue weighted by Gasteiger charge is -2.27. The van der Waals surface area contributed by atoms with Crippen molar-refractivity contribution in [3.63, 3.8) is 0 Å². The Morgan fingerprint density at radius 1 is 1.10 bits per heavy atom. The molecule has 0 bridgehead atoms. The molecular formula is C22H17FN4O2. The highest BCUT2D eigenvalue weighted by molar-refractivity contribution is 5.94. The number of carbonyl (C=O) groups is 1. The van der Waals surface area contributed by atoms with Crippen molar-refractivity contribution >= 4 is 11.6 Å². The number of hydrogen-bond donors (Lipinski definition) is 1. The highest BCUT2D eigenvalue weighted by Crippen LogP contribution is 2.23. The number of fused-ring (bicyclic) bond motifs is 2. The fourth-order valence-corrected chi connectivity index (χ4v) is 3.72. The van der Waals surface area contributed by atoms with Crippen LogP contribution in [0.4, 0.5) is 4.39 Å². The summed E-state index contributed by atoms with van der Waals surface area (Å²) in [6, 6.07) is 13.3. The van der Waals surface area contributed by atoms with Crippen molar-refractivity contribution in [3.05, 3.63) is 94.0 Å². The van der Waals surface area contributed by atoms with Gasteiger partial charge >= 0.3 is 0 Å². The molecule has 6 nitrogen and oxygen atoms in total. The summed E-state index contributed by atoms with van der Waals surface area (Å²) in [7, 11) is 0. The van der Waals surface area contributed by atoms with Gasteiger partial charge < -0.3 is 9.88 Å². The van der Waals surface area contributed by atoms with Gasteiger partial charge in [0, 0.05) is 25.4 Å². The Labute approximate surface area is 165 Å². The molecule has 7 heteroatoms. The predicted octanol–water partition coefficient (Wildman–Crippen LogP) is 3.03. The topological polar surface area (TPSA) is 70.5 Å². The van der Waals surface area contributed by atoms with Crippen LogP contribution in [0, 0.1) is 5.82 Å². The molecule has 4 aromatic rings. The van der Waals surface area contributed by atoms with Gasteiger partial charge in [-0.15, -0.1) is 0 Å². The van der Waals surface area contributed by atoms with E-state index in [4.69, 9.17) is 0 Å². The first-order valence-corrected chi connectivity index (χ1v) is 9.33. The van der Waals surface area contributed by atoms with Crippen molar-refractivity contribution in [2.45, 2.75) is 13.0 Å². The third kappa shape index (κ3) is 3.00. The van der Waals surface area contributed by atoms with E-state index in [1.54, 1.807) is 47.6 Å². The molecule has 1 aromatic carbocycles. The van der Waals surface area contributed by atoms with Crippen LogP contribution in [-0.4, -0.2) is 31.7 Å². The maximum atomic E-state index is 13.1. The van der Waals surface area contributed by atoms with Crippen LogP contribution in [0.25, 0.3) is 16.8 Å². The molecule has 0 aliphatic carbocycles. The van der Waals surface area contributed by atoms with E-state index in [0.29, 0.717) is 29.9 Å². The van der Waals surface area contributed by atoms with E-state index in [1.165, 1.54) is 16.5 Å². The van der Waals surface area contributed by atoms with Gasteiger partial charge in [0.2, 0.25) is 0 Å². The molecule has 0 fully saturated rings. The molecule has 29 heavy (non-hydrogen) atoms. The number of nitrogens with one attached hydrogen (secondary N) is 1. The van der Waals surface area contributed by atoms with E-state index in [9.17, 15) is 14.0 Å². The molecule has 3 aromatic heterocycles. The molecular weight excluding hydrogens is 371 g/mol. The summed E-state index contributed by atoms with van der Waals surface area (Å²) in [4.78, 5) is 35.1. The maximum Gasteiger partial charge on any atom is 0.270 e. The van der Waals surface area contributed by atoms with Crippen molar-refractivity contribution in [1.29, 1.82) is 0 Å². The zero-order valence-corrected chi connectivity index (χ0v) is 15.4. The third-order valence-electron chi connectivity index (χ3n) is 5.26. The van der Waals surface area contributed by atoms with E-state index in [2.05, 4.69) is 9.97 Å². The normalized spacial score (nSPS) is 13.5. The van der Waals surface area contributed by atoms with Crippen LogP contribution < -0.4 is 5.56 Å². The molecule has 1 aliphatic heterocycles. The molecule has 0 spiro atoms. The summed E-state index contributed by atoms with van der Waals surface area (Å²) in [5.74, 6) is -0.485. The number of rotatable bonds is 2. The second-order valence-electron chi connectivity index (χ2n) is 7.06. The lowest BCUT2D eigenvalue weighted by Crippen LogP contribution is -2.40. The number of aromatic amines is 1. The number of benzene rings is 1. The number of nitrogens with zero attached hydrogens (tertiary/aromatic N) is 3.